The Kier molecular flexibility index (Phi) is 5.02. The van der Waals surface area contributed by atoms with Crippen LogP contribution in [0, 0.1) is 5.92 Å². The van der Waals surface area contributed by atoms with Gasteiger partial charge in [0.15, 0.2) is 0 Å². The van der Waals surface area contributed by atoms with Gasteiger partial charge < -0.3 is 10.6 Å². The summed E-state index contributed by atoms with van der Waals surface area (Å²) in [5, 5.41) is 0. The van der Waals surface area contributed by atoms with E-state index in [2.05, 4.69) is 35.2 Å². The highest BCUT2D eigenvalue weighted by molar-refractivity contribution is 5.82. The molecule has 2 fully saturated rings. The van der Waals surface area contributed by atoms with Crippen molar-refractivity contribution in [2.24, 2.45) is 11.7 Å². The van der Waals surface area contributed by atoms with Crippen LogP contribution in [0.3, 0.4) is 0 Å². The minimum Gasteiger partial charge on any atom is -0.340 e. The van der Waals surface area contributed by atoms with E-state index in [0.29, 0.717) is 12.1 Å². The molecule has 126 valence electrons. The first-order chi connectivity index (χ1) is 11.1. The molecule has 1 aliphatic heterocycles. The van der Waals surface area contributed by atoms with Gasteiger partial charge >= 0.3 is 0 Å². The second kappa shape index (κ2) is 7.02. The predicted octanol–water partition coefficient (Wildman–Crippen LogP) is 2.24. The van der Waals surface area contributed by atoms with Gasteiger partial charge in [-0.15, -0.1) is 0 Å². The third-order valence-electron chi connectivity index (χ3n) is 5.17. The molecule has 4 nitrogen and oxygen atoms in total. The van der Waals surface area contributed by atoms with Crippen LogP contribution in [0.15, 0.2) is 30.3 Å². The van der Waals surface area contributed by atoms with E-state index >= 15 is 0 Å². The van der Waals surface area contributed by atoms with Crippen molar-refractivity contribution in [3.05, 3.63) is 35.9 Å². The summed E-state index contributed by atoms with van der Waals surface area (Å²) in [6.07, 6.45) is 3.66. The number of hydrogen-bond donors (Lipinski definition) is 1. The molecule has 0 radical (unpaired) electrons. The van der Waals surface area contributed by atoms with E-state index in [1.165, 1.54) is 18.4 Å². The smallest absolute Gasteiger partial charge is 0.239 e. The van der Waals surface area contributed by atoms with Gasteiger partial charge in [0.2, 0.25) is 5.91 Å². The van der Waals surface area contributed by atoms with E-state index in [-0.39, 0.29) is 17.9 Å². The Hall–Kier alpha value is -1.39. The maximum Gasteiger partial charge on any atom is 0.239 e. The number of nitrogens with two attached hydrogens (primary N) is 1. The van der Waals surface area contributed by atoms with E-state index in [4.69, 9.17) is 5.73 Å². The van der Waals surface area contributed by atoms with Gasteiger partial charge in [0.05, 0.1) is 6.04 Å². The lowest BCUT2D eigenvalue weighted by Crippen LogP contribution is -2.47. The minimum atomic E-state index is -0.364. The summed E-state index contributed by atoms with van der Waals surface area (Å²) in [5.74, 6) is 0.323. The zero-order valence-corrected chi connectivity index (χ0v) is 14.3. The molecule has 0 aromatic heterocycles. The van der Waals surface area contributed by atoms with Crippen LogP contribution in [0.1, 0.15) is 38.7 Å². The van der Waals surface area contributed by atoms with Crippen molar-refractivity contribution in [3.8, 4) is 0 Å². The maximum absolute atomic E-state index is 12.5. The van der Waals surface area contributed by atoms with Crippen LogP contribution < -0.4 is 5.73 Å². The van der Waals surface area contributed by atoms with Gasteiger partial charge in [-0.3, -0.25) is 9.69 Å². The van der Waals surface area contributed by atoms with Crippen molar-refractivity contribution < 1.29 is 4.79 Å². The maximum atomic E-state index is 12.5. The monoisotopic (exact) mass is 315 g/mol. The number of hydrogen-bond acceptors (Lipinski definition) is 3. The lowest BCUT2D eigenvalue weighted by atomic mass is 10.0. The zero-order valence-electron chi connectivity index (χ0n) is 14.3. The van der Waals surface area contributed by atoms with Crippen LogP contribution in [0.2, 0.25) is 0 Å². The van der Waals surface area contributed by atoms with Crippen molar-refractivity contribution in [1.29, 1.82) is 0 Å². The number of nitrogens with zero attached hydrogens (tertiary/aromatic N) is 2. The van der Waals surface area contributed by atoms with Gasteiger partial charge in [0.25, 0.3) is 0 Å². The van der Waals surface area contributed by atoms with E-state index in [1.807, 2.05) is 18.7 Å². The molecule has 0 spiro atoms. The van der Waals surface area contributed by atoms with Crippen LogP contribution in [0.25, 0.3) is 0 Å². The van der Waals surface area contributed by atoms with Crippen LogP contribution >= 0.6 is 0 Å². The molecule has 2 aliphatic rings. The molecule has 1 aliphatic carbocycles. The van der Waals surface area contributed by atoms with Gasteiger partial charge in [-0.25, -0.2) is 0 Å². The van der Waals surface area contributed by atoms with Gasteiger partial charge in [0.1, 0.15) is 0 Å². The number of benzene rings is 1. The fourth-order valence-corrected chi connectivity index (χ4v) is 3.47. The first kappa shape index (κ1) is 16.5. The fraction of sp³-hybridized carbons (Fsp3) is 0.632. The van der Waals surface area contributed by atoms with Crippen molar-refractivity contribution in [3.63, 3.8) is 0 Å². The molecule has 1 unspecified atom stereocenters. The summed E-state index contributed by atoms with van der Waals surface area (Å²) >= 11 is 0. The number of carbonyl (C=O) groups is 1. The summed E-state index contributed by atoms with van der Waals surface area (Å²) in [6, 6.07) is 11.5. The highest BCUT2D eigenvalue weighted by atomic mass is 16.2. The highest BCUT2D eigenvalue weighted by Crippen LogP contribution is 2.33. The van der Waals surface area contributed by atoms with E-state index in [1.54, 1.807) is 0 Å². The summed E-state index contributed by atoms with van der Waals surface area (Å²) in [5.41, 5.74) is 7.42. The van der Waals surface area contributed by atoms with E-state index in [9.17, 15) is 4.79 Å². The Morgan fingerprint density at radius 2 is 1.91 bits per heavy atom. The Balaban J connectivity index is 1.62. The van der Waals surface area contributed by atoms with Crippen LogP contribution in [-0.4, -0.2) is 46.9 Å². The third kappa shape index (κ3) is 3.93. The Labute approximate surface area is 139 Å². The lowest BCUT2D eigenvalue weighted by molar-refractivity contribution is -0.132. The second-order valence-electron chi connectivity index (χ2n) is 7.39. The molecule has 1 heterocycles. The third-order valence-corrected chi connectivity index (χ3v) is 5.17. The largest absolute Gasteiger partial charge is 0.340 e. The number of carbonyl (C=O) groups excluding carboxylic acids is 1. The normalized spacial score (nSPS) is 22.8. The summed E-state index contributed by atoms with van der Waals surface area (Å²) in [6.45, 7) is 6.71. The molecular formula is C19H29N3O. The van der Waals surface area contributed by atoms with Crippen molar-refractivity contribution in [2.75, 3.05) is 13.1 Å². The summed E-state index contributed by atoms with van der Waals surface area (Å²) < 4.78 is 0. The van der Waals surface area contributed by atoms with Crippen LogP contribution in [-0.2, 0) is 11.3 Å². The molecule has 1 saturated carbocycles. The minimum absolute atomic E-state index is 0.123. The van der Waals surface area contributed by atoms with Crippen molar-refractivity contribution >= 4 is 5.91 Å². The molecule has 2 N–H and O–H groups in total. The average molecular weight is 315 g/mol. The average Bonchev–Trinajstić information content (AvgIpc) is 3.28. The van der Waals surface area contributed by atoms with Crippen molar-refractivity contribution in [2.45, 2.75) is 57.8 Å². The number of amides is 1. The van der Waals surface area contributed by atoms with Gasteiger partial charge in [-0.2, -0.15) is 0 Å². The van der Waals surface area contributed by atoms with Crippen LogP contribution in [0.5, 0.6) is 0 Å². The second-order valence-corrected chi connectivity index (χ2v) is 7.39. The Morgan fingerprint density at radius 1 is 1.22 bits per heavy atom. The molecule has 23 heavy (non-hydrogen) atoms. The van der Waals surface area contributed by atoms with Gasteiger partial charge in [0, 0.05) is 31.7 Å². The summed E-state index contributed by atoms with van der Waals surface area (Å²) in [7, 11) is 0. The molecular weight excluding hydrogens is 286 g/mol. The molecule has 0 bridgehead atoms. The molecule has 4 heteroatoms. The first-order valence-corrected chi connectivity index (χ1v) is 8.90. The SMILES string of the molecule is CC(C)C(N)C(=O)N1CC[C@H](N(Cc2ccccc2)C2CC2)C1. The van der Waals surface area contributed by atoms with E-state index in [0.717, 1.165) is 26.1 Å². The molecule has 2 atom stereocenters. The fourth-order valence-electron chi connectivity index (χ4n) is 3.47. The van der Waals surface area contributed by atoms with E-state index < -0.39 is 0 Å². The highest BCUT2D eigenvalue weighted by Gasteiger charge is 2.39. The number of likely N-dealkylation sites (tertiary alicyclic amines) is 1. The Bertz CT molecular complexity index is 527. The molecule has 3 rings (SSSR count). The summed E-state index contributed by atoms with van der Waals surface area (Å²) in [4.78, 5) is 17.1. The molecule has 1 amide bonds. The number of rotatable bonds is 6. The standard InChI is InChI=1S/C19H29N3O/c1-14(2)18(20)19(23)21-11-10-17(13-21)22(16-8-9-16)12-15-6-4-3-5-7-15/h3-7,14,16-18H,8-13,20H2,1-2H3/t17-,18?/m0/s1. The Morgan fingerprint density at radius 3 is 2.52 bits per heavy atom. The predicted molar refractivity (Wildman–Crippen MR) is 92.8 cm³/mol. The zero-order chi connectivity index (χ0) is 16.4. The first-order valence-electron chi connectivity index (χ1n) is 8.90. The van der Waals surface area contributed by atoms with Gasteiger partial charge in [-0.05, 0) is 30.7 Å². The topological polar surface area (TPSA) is 49.6 Å². The quantitative estimate of drug-likeness (QED) is 0.876. The molecule has 1 saturated heterocycles. The van der Waals surface area contributed by atoms with Crippen LogP contribution in [0.4, 0.5) is 0 Å². The van der Waals surface area contributed by atoms with Crippen molar-refractivity contribution in [1.82, 2.24) is 9.80 Å². The van der Waals surface area contributed by atoms with Gasteiger partial charge in [-0.1, -0.05) is 44.2 Å². The lowest BCUT2D eigenvalue weighted by Gasteiger charge is -2.30. The molecule has 1 aromatic rings. The molecule has 1 aromatic carbocycles.